The van der Waals surface area contributed by atoms with Gasteiger partial charge in [-0.1, -0.05) is 24.3 Å². The minimum absolute atomic E-state index is 0.128. The molecule has 1 saturated heterocycles. The minimum Gasteiger partial charge on any atom is -0.405 e. The molecule has 1 aromatic carbocycles. The molecule has 0 saturated carbocycles. The van der Waals surface area contributed by atoms with Gasteiger partial charge in [0.15, 0.2) is 0 Å². The number of nitrogens with zero attached hydrogens (tertiary/aromatic N) is 1. The van der Waals surface area contributed by atoms with Crippen molar-refractivity contribution < 1.29 is 17.9 Å². The first-order chi connectivity index (χ1) is 11.0. The maximum absolute atomic E-state index is 12.7. The van der Waals surface area contributed by atoms with Crippen molar-refractivity contribution in [1.82, 2.24) is 10.2 Å². The molecule has 3 nitrogen and oxygen atoms in total. The standard InChI is InChI=1S/C16H17F3N2OS/c17-16(18,19)22-13-5-2-1-4-12(13)15(14-6-3-11-23-14)21-9-7-20-8-10-21/h1-6,11,15,20H,7-10H2/t15-/m0/s1. The number of piperazine rings is 1. The molecule has 1 aliphatic rings. The molecule has 0 radical (unpaired) electrons. The van der Waals surface area contributed by atoms with E-state index in [2.05, 4.69) is 15.0 Å². The van der Waals surface area contributed by atoms with Gasteiger partial charge in [0, 0.05) is 36.6 Å². The maximum atomic E-state index is 12.7. The molecule has 2 heterocycles. The van der Waals surface area contributed by atoms with Gasteiger partial charge in [-0.15, -0.1) is 24.5 Å². The summed E-state index contributed by atoms with van der Waals surface area (Å²) in [6, 6.07) is 10.1. The number of benzene rings is 1. The summed E-state index contributed by atoms with van der Waals surface area (Å²) < 4.78 is 42.4. The number of rotatable bonds is 4. The van der Waals surface area contributed by atoms with Crippen molar-refractivity contribution in [1.29, 1.82) is 0 Å². The van der Waals surface area contributed by atoms with Crippen LogP contribution in [0.2, 0.25) is 0 Å². The number of nitrogens with one attached hydrogen (secondary N) is 1. The van der Waals surface area contributed by atoms with Gasteiger partial charge in [-0.25, -0.2) is 0 Å². The molecule has 7 heteroatoms. The molecule has 0 aliphatic carbocycles. The van der Waals surface area contributed by atoms with Gasteiger partial charge >= 0.3 is 6.36 Å². The van der Waals surface area contributed by atoms with Crippen molar-refractivity contribution in [2.45, 2.75) is 12.4 Å². The zero-order valence-electron chi connectivity index (χ0n) is 12.3. The van der Waals surface area contributed by atoms with E-state index in [0.29, 0.717) is 5.56 Å². The molecule has 1 N–H and O–H groups in total. The zero-order chi connectivity index (χ0) is 16.3. The second-order valence-electron chi connectivity index (χ2n) is 5.29. The highest BCUT2D eigenvalue weighted by Crippen LogP contribution is 2.38. The van der Waals surface area contributed by atoms with Crippen LogP contribution in [0.5, 0.6) is 5.75 Å². The Labute approximate surface area is 136 Å². The number of hydrogen-bond acceptors (Lipinski definition) is 4. The second kappa shape index (κ2) is 6.90. The van der Waals surface area contributed by atoms with Gasteiger partial charge in [-0.3, -0.25) is 4.90 Å². The third-order valence-electron chi connectivity index (χ3n) is 3.77. The number of ether oxygens (including phenoxy) is 1. The van der Waals surface area contributed by atoms with Crippen LogP contribution < -0.4 is 10.1 Å². The van der Waals surface area contributed by atoms with E-state index in [9.17, 15) is 13.2 Å². The van der Waals surface area contributed by atoms with Crippen LogP contribution in [-0.4, -0.2) is 37.4 Å². The Balaban J connectivity index is 2.00. The first kappa shape index (κ1) is 16.3. The first-order valence-electron chi connectivity index (χ1n) is 7.37. The summed E-state index contributed by atoms with van der Waals surface area (Å²) in [5.41, 5.74) is 0.550. The normalized spacial score (nSPS) is 17.9. The predicted octanol–water partition coefficient (Wildman–Crippen LogP) is 3.64. The van der Waals surface area contributed by atoms with Gasteiger partial charge in [-0.05, 0) is 17.5 Å². The van der Waals surface area contributed by atoms with Gasteiger partial charge in [0.2, 0.25) is 0 Å². The van der Waals surface area contributed by atoms with E-state index in [1.54, 1.807) is 29.5 Å². The summed E-state index contributed by atoms with van der Waals surface area (Å²) in [5, 5.41) is 5.21. The van der Waals surface area contributed by atoms with E-state index in [1.807, 2.05) is 17.5 Å². The van der Waals surface area contributed by atoms with E-state index in [1.165, 1.54) is 6.07 Å². The Morgan fingerprint density at radius 1 is 1.09 bits per heavy atom. The highest BCUT2D eigenvalue weighted by Gasteiger charge is 2.34. The van der Waals surface area contributed by atoms with Gasteiger partial charge in [-0.2, -0.15) is 0 Å². The minimum atomic E-state index is -4.69. The molecule has 0 unspecified atom stereocenters. The van der Waals surface area contributed by atoms with Gasteiger partial charge < -0.3 is 10.1 Å². The van der Waals surface area contributed by atoms with Crippen molar-refractivity contribution in [3.8, 4) is 5.75 Å². The van der Waals surface area contributed by atoms with Crippen LogP contribution in [0, 0.1) is 0 Å². The Bertz CT molecular complexity index is 625. The zero-order valence-corrected chi connectivity index (χ0v) is 13.2. The molecule has 2 aromatic rings. The Kier molecular flexibility index (Phi) is 4.89. The Morgan fingerprint density at radius 2 is 1.83 bits per heavy atom. The highest BCUT2D eigenvalue weighted by molar-refractivity contribution is 7.10. The summed E-state index contributed by atoms with van der Waals surface area (Å²) in [4.78, 5) is 3.21. The van der Waals surface area contributed by atoms with E-state index >= 15 is 0 Å². The average molecular weight is 342 g/mol. The van der Waals surface area contributed by atoms with Gasteiger partial charge in [0.1, 0.15) is 5.75 Å². The van der Waals surface area contributed by atoms with Crippen LogP contribution in [-0.2, 0) is 0 Å². The second-order valence-corrected chi connectivity index (χ2v) is 6.27. The fourth-order valence-corrected chi connectivity index (χ4v) is 3.72. The third kappa shape index (κ3) is 4.04. The van der Waals surface area contributed by atoms with Crippen molar-refractivity contribution in [2.75, 3.05) is 26.2 Å². The summed E-state index contributed by atoms with van der Waals surface area (Å²) in [6.45, 7) is 3.21. The lowest BCUT2D eigenvalue weighted by atomic mass is 10.0. The Hall–Kier alpha value is -1.57. The predicted molar refractivity (Wildman–Crippen MR) is 83.7 cm³/mol. The van der Waals surface area contributed by atoms with Crippen molar-refractivity contribution in [3.63, 3.8) is 0 Å². The van der Waals surface area contributed by atoms with E-state index in [-0.39, 0.29) is 11.8 Å². The topological polar surface area (TPSA) is 24.5 Å². The molecular formula is C16H17F3N2OS. The van der Waals surface area contributed by atoms with Crippen molar-refractivity contribution >= 4 is 11.3 Å². The molecular weight excluding hydrogens is 325 g/mol. The molecule has 3 rings (SSSR count). The SMILES string of the molecule is FC(F)(F)Oc1ccccc1[C@@H](c1cccs1)N1CCNCC1. The van der Waals surface area contributed by atoms with Crippen LogP contribution in [0.25, 0.3) is 0 Å². The summed E-state index contributed by atoms with van der Waals surface area (Å²) in [7, 11) is 0. The summed E-state index contributed by atoms with van der Waals surface area (Å²) >= 11 is 1.55. The molecule has 1 aromatic heterocycles. The van der Waals surface area contributed by atoms with Crippen LogP contribution in [0.4, 0.5) is 13.2 Å². The van der Waals surface area contributed by atoms with Gasteiger partial charge in [0.25, 0.3) is 0 Å². The smallest absolute Gasteiger partial charge is 0.405 e. The lowest BCUT2D eigenvalue weighted by Crippen LogP contribution is -2.45. The molecule has 1 aliphatic heterocycles. The molecule has 0 amide bonds. The number of halogens is 3. The number of thiophene rings is 1. The van der Waals surface area contributed by atoms with Crippen molar-refractivity contribution in [3.05, 3.63) is 52.2 Å². The van der Waals surface area contributed by atoms with Crippen LogP contribution in [0.1, 0.15) is 16.5 Å². The quantitative estimate of drug-likeness (QED) is 0.918. The van der Waals surface area contributed by atoms with Crippen LogP contribution in [0.15, 0.2) is 41.8 Å². The molecule has 1 atom stereocenters. The Morgan fingerprint density at radius 3 is 2.48 bits per heavy atom. The molecule has 1 fully saturated rings. The van der Waals surface area contributed by atoms with Crippen LogP contribution >= 0.6 is 11.3 Å². The third-order valence-corrected chi connectivity index (χ3v) is 4.69. The maximum Gasteiger partial charge on any atom is 0.573 e. The first-order valence-corrected chi connectivity index (χ1v) is 8.25. The highest BCUT2D eigenvalue weighted by atomic mass is 32.1. The number of para-hydroxylation sites is 1. The van der Waals surface area contributed by atoms with Gasteiger partial charge in [0.05, 0.1) is 6.04 Å². The number of alkyl halides is 3. The lowest BCUT2D eigenvalue weighted by molar-refractivity contribution is -0.275. The largest absolute Gasteiger partial charge is 0.573 e. The van der Waals surface area contributed by atoms with E-state index in [4.69, 9.17) is 0 Å². The lowest BCUT2D eigenvalue weighted by Gasteiger charge is -2.35. The molecule has 23 heavy (non-hydrogen) atoms. The molecule has 0 spiro atoms. The summed E-state index contributed by atoms with van der Waals surface area (Å²) in [5.74, 6) is -0.128. The van der Waals surface area contributed by atoms with Crippen molar-refractivity contribution in [2.24, 2.45) is 0 Å². The fraction of sp³-hybridized carbons (Fsp3) is 0.375. The number of hydrogen-bond donors (Lipinski definition) is 1. The summed E-state index contributed by atoms with van der Waals surface area (Å²) in [6.07, 6.45) is -4.69. The monoisotopic (exact) mass is 342 g/mol. The average Bonchev–Trinajstić information content (AvgIpc) is 3.03. The fourth-order valence-electron chi connectivity index (χ4n) is 2.84. The molecule has 0 bridgehead atoms. The molecule has 124 valence electrons. The van der Waals surface area contributed by atoms with E-state index in [0.717, 1.165) is 31.1 Å². The van der Waals surface area contributed by atoms with Crippen LogP contribution in [0.3, 0.4) is 0 Å². The van der Waals surface area contributed by atoms with E-state index < -0.39 is 6.36 Å².